The zero-order valence-corrected chi connectivity index (χ0v) is 12.2. The predicted molar refractivity (Wildman–Crippen MR) is 74.3 cm³/mol. The molecule has 0 saturated carbocycles. The van der Waals surface area contributed by atoms with E-state index in [1.165, 1.54) is 11.3 Å². The van der Waals surface area contributed by atoms with Crippen molar-refractivity contribution in [2.45, 2.75) is 17.9 Å². The summed E-state index contributed by atoms with van der Waals surface area (Å²) in [5, 5.41) is 1.91. The standard InChI is InChI=1S/C11H16N4O2S2/c1-15-6-11(4-10(15)5-12)19(16,17)14-3-2-9-7-18-8-13-9/h4,6-8,14H,2-3,5,12H2,1H3. The molecule has 0 unspecified atom stereocenters. The van der Waals surface area contributed by atoms with Crippen LogP contribution in [0.4, 0.5) is 0 Å². The Bertz CT molecular complexity index is 632. The molecule has 2 heterocycles. The number of nitrogens with zero attached hydrogens (tertiary/aromatic N) is 2. The van der Waals surface area contributed by atoms with Gasteiger partial charge in [0.2, 0.25) is 10.0 Å². The van der Waals surface area contributed by atoms with Crippen LogP contribution < -0.4 is 10.5 Å². The van der Waals surface area contributed by atoms with Crippen LogP contribution in [0.3, 0.4) is 0 Å². The molecule has 6 nitrogen and oxygen atoms in total. The third kappa shape index (κ3) is 3.41. The number of aryl methyl sites for hydroxylation is 1. The SMILES string of the molecule is Cn1cc(S(=O)(=O)NCCc2cscn2)cc1CN. The second-order valence-corrected chi connectivity index (χ2v) is 6.60. The second-order valence-electron chi connectivity index (χ2n) is 4.11. The number of sulfonamides is 1. The number of nitrogens with one attached hydrogen (secondary N) is 1. The lowest BCUT2D eigenvalue weighted by atomic mass is 10.3. The van der Waals surface area contributed by atoms with Crippen molar-refractivity contribution >= 4 is 21.4 Å². The number of thiazole rings is 1. The van der Waals surface area contributed by atoms with Gasteiger partial charge in [-0.1, -0.05) is 0 Å². The first-order chi connectivity index (χ1) is 9.03. The van der Waals surface area contributed by atoms with Gasteiger partial charge >= 0.3 is 0 Å². The van der Waals surface area contributed by atoms with Crippen molar-refractivity contribution in [2.24, 2.45) is 12.8 Å². The van der Waals surface area contributed by atoms with E-state index >= 15 is 0 Å². The highest BCUT2D eigenvalue weighted by atomic mass is 32.2. The van der Waals surface area contributed by atoms with Crippen molar-refractivity contribution in [1.29, 1.82) is 0 Å². The van der Waals surface area contributed by atoms with Crippen LogP contribution in [0.25, 0.3) is 0 Å². The molecule has 0 atom stereocenters. The molecule has 0 bridgehead atoms. The average molecular weight is 300 g/mol. The molecule has 2 aromatic rings. The van der Waals surface area contributed by atoms with Crippen LogP contribution in [0.5, 0.6) is 0 Å². The maximum Gasteiger partial charge on any atom is 0.242 e. The molecule has 0 aromatic carbocycles. The van der Waals surface area contributed by atoms with E-state index in [1.807, 2.05) is 5.38 Å². The Balaban J connectivity index is 2.01. The molecule has 0 aliphatic rings. The molecule has 0 aliphatic carbocycles. The minimum atomic E-state index is -3.48. The van der Waals surface area contributed by atoms with Crippen molar-refractivity contribution in [3.8, 4) is 0 Å². The summed E-state index contributed by atoms with van der Waals surface area (Å²) in [4.78, 5) is 4.35. The molecule has 2 aromatic heterocycles. The van der Waals surface area contributed by atoms with Gasteiger partial charge in [-0.3, -0.25) is 0 Å². The van der Waals surface area contributed by atoms with Crippen LogP contribution in [0.1, 0.15) is 11.4 Å². The topological polar surface area (TPSA) is 90.0 Å². The van der Waals surface area contributed by atoms with Crippen molar-refractivity contribution in [3.63, 3.8) is 0 Å². The zero-order chi connectivity index (χ0) is 13.9. The van der Waals surface area contributed by atoms with Crippen molar-refractivity contribution < 1.29 is 8.42 Å². The highest BCUT2D eigenvalue weighted by Gasteiger charge is 2.16. The number of nitrogens with two attached hydrogens (primary N) is 1. The fourth-order valence-electron chi connectivity index (χ4n) is 1.68. The minimum absolute atomic E-state index is 0.244. The van der Waals surface area contributed by atoms with Gasteiger partial charge in [0.1, 0.15) is 0 Å². The Hall–Kier alpha value is -1.22. The van der Waals surface area contributed by atoms with E-state index in [1.54, 1.807) is 29.4 Å². The molecule has 0 spiro atoms. The fourth-order valence-corrected chi connectivity index (χ4v) is 3.40. The predicted octanol–water partition coefficient (Wildman–Crippen LogP) is 0.461. The molecule has 0 fully saturated rings. The van der Waals surface area contributed by atoms with Crippen molar-refractivity contribution in [2.75, 3.05) is 6.54 Å². The summed E-state index contributed by atoms with van der Waals surface area (Å²) < 4.78 is 28.4. The van der Waals surface area contributed by atoms with E-state index in [4.69, 9.17) is 5.73 Å². The molecule has 0 amide bonds. The van der Waals surface area contributed by atoms with Gasteiger partial charge in [-0.05, 0) is 6.07 Å². The Kier molecular flexibility index (Phi) is 4.35. The summed E-state index contributed by atoms with van der Waals surface area (Å²) in [6, 6.07) is 1.59. The average Bonchev–Trinajstić information content (AvgIpc) is 2.98. The lowest BCUT2D eigenvalue weighted by Gasteiger charge is -2.03. The summed E-state index contributed by atoms with van der Waals surface area (Å²) in [5.74, 6) is 0. The van der Waals surface area contributed by atoms with Gasteiger partial charge in [-0.25, -0.2) is 18.1 Å². The van der Waals surface area contributed by atoms with Gasteiger partial charge < -0.3 is 10.3 Å². The normalized spacial score (nSPS) is 11.9. The zero-order valence-electron chi connectivity index (χ0n) is 10.5. The summed E-state index contributed by atoms with van der Waals surface area (Å²) >= 11 is 1.50. The minimum Gasteiger partial charge on any atom is -0.352 e. The van der Waals surface area contributed by atoms with Crippen LogP contribution >= 0.6 is 11.3 Å². The number of hydrogen-bond donors (Lipinski definition) is 2. The van der Waals surface area contributed by atoms with Crippen LogP contribution in [0, 0.1) is 0 Å². The van der Waals surface area contributed by atoms with Crippen LogP contribution in [-0.4, -0.2) is 24.5 Å². The number of rotatable bonds is 6. The molecule has 104 valence electrons. The first kappa shape index (κ1) is 14.2. The highest BCUT2D eigenvalue weighted by molar-refractivity contribution is 7.89. The fraction of sp³-hybridized carbons (Fsp3) is 0.364. The Morgan fingerprint density at radius 1 is 1.53 bits per heavy atom. The van der Waals surface area contributed by atoms with E-state index < -0.39 is 10.0 Å². The Morgan fingerprint density at radius 2 is 2.32 bits per heavy atom. The van der Waals surface area contributed by atoms with Gasteiger partial charge in [-0.15, -0.1) is 11.3 Å². The van der Waals surface area contributed by atoms with E-state index in [0.717, 1.165) is 11.4 Å². The molecule has 0 saturated heterocycles. The van der Waals surface area contributed by atoms with E-state index in [2.05, 4.69) is 9.71 Å². The van der Waals surface area contributed by atoms with Crippen LogP contribution in [0.2, 0.25) is 0 Å². The monoisotopic (exact) mass is 300 g/mol. The molecule has 3 N–H and O–H groups in total. The van der Waals surface area contributed by atoms with Gasteiger partial charge in [-0.2, -0.15) is 0 Å². The molecular formula is C11H16N4O2S2. The highest BCUT2D eigenvalue weighted by Crippen LogP contribution is 2.13. The van der Waals surface area contributed by atoms with Gasteiger partial charge in [0.25, 0.3) is 0 Å². The number of aromatic nitrogens is 2. The largest absolute Gasteiger partial charge is 0.352 e. The first-order valence-corrected chi connectivity index (χ1v) is 8.17. The quantitative estimate of drug-likeness (QED) is 0.811. The lowest BCUT2D eigenvalue weighted by Crippen LogP contribution is -2.25. The molecule has 0 aliphatic heterocycles. The summed E-state index contributed by atoms with van der Waals surface area (Å²) in [5.41, 5.74) is 8.93. The summed E-state index contributed by atoms with van der Waals surface area (Å²) in [7, 11) is -1.70. The van der Waals surface area contributed by atoms with E-state index in [0.29, 0.717) is 19.5 Å². The third-order valence-electron chi connectivity index (χ3n) is 2.76. The second kappa shape index (κ2) is 5.83. The van der Waals surface area contributed by atoms with Crippen LogP contribution in [-0.2, 0) is 30.0 Å². The molecule has 8 heteroatoms. The molecular weight excluding hydrogens is 284 g/mol. The van der Waals surface area contributed by atoms with Gasteiger partial charge in [0.05, 0.1) is 16.1 Å². The van der Waals surface area contributed by atoms with Crippen molar-refractivity contribution in [3.05, 3.63) is 34.5 Å². The Labute approximate surface area is 116 Å². The van der Waals surface area contributed by atoms with Crippen molar-refractivity contribution in [1.82, 2.24) is 14.3 Å². The van der Waals surface area contributed by atoms with Gasteiger partial charge in [0, 0.05) is 43.8 Å². The molecule has 19 heavy (non-hydrogen) atoms. The third-order valence-corrected chi connectivity index (χ3v) is 4.82. The maximum atomic E-state index is 12.1. The lowest BCUT2D eigenvalue weighted by molar-refractivity contribution is 0.581. The van der Waals surface area contributed by atoms with Gasteiger partial charge in [0.15, 0.2) is 0 Å². The summed E-state index contributed by atoms with van der Waals surface area (Å²) in [6.07, 6.45) is 2.15. The Morgan fingerprint density at radius 3 is 2.89 bits per heavy atom. The first-order valence-electron chi connectivity index (χ1n) is 5.75. The summed E-state index contributed by atoms with van der Waals surface area (Å²) in [6.45, 7) is 0.643. The van der Waals surface area contributed by atoms with E-state index in [9.17, 15) is 8.42 Å². The maximum absolute atomic E-state index is 12.1. The number of hydrogen-bond acceptors (Lipinski definition) is 5. The smallest absolute Gasteiger partial charge is 0.242 e. The van der Waals surface area contributed by atoms with Crippen LogP contribution in [0.15, 0.2) is 28.0 Å². The molecule has 0 radical (unpaired) electrons. The van der Waals surface area contributed by atoms with E-state index in [-0.39, 0.29) is 4.90 Å². The molecule has 2 rings (SSSR count).